The first-order valence-corrected chi connectivity index (χ1v) is 27.1. The van der Waals surface area contributed by atoms with Crippen molar-refractivity contribution < 1.29 is 77.1 Å². The average molecular weight is 1100 g/mol. The molecule has 3 fully saturated rings. The van der Waals surface area contributed by atoms with E-state index in [-0.39, 0.29) is 43.9 Å². The summed E-state index contributed by atoms with van der Waals surface area (Å²) in [5.41, 5.74) is 3.56. The zero-order chi connectivity index (χ0) is 57.8. The summed E-state index contributed by atoms with van der Waals surface area (Å²) in [7, 11) is 8.64. The molecule has 21 nitrogen and oxygen atoms in total. The molecule has 5 rings (SSSR count). The van der Waals surface area contributed by atoms with Crippen LogP contribution >= 0.6 is 0 Å². The number of aliphatic hydroxyl groups excluding tert-OH is 2. The Kier molecular flexibility index (Phi) is 23.2. The molecule has 78 heavy (non-hydrogen) atoms. The van der Waals surface area contributed by atoms with Gasteiger partial charge in [0, 0.05) is 54.6 Å². The molecule has 0 bridgehead atoms. The zero-order valence-electron chi connectivity index (χ0n) is 48.3. The number of nitrogens with zero attached hydrogens (tertiary/aromatic N) is 2. The fourth-order valence-corrected chi connectivity index (χ4v) is 11.2. The van der Waals surface area contributed by atoms with Gasteiger partial charge in [0.1, 0.15) is 42.0 Å². The predicted molar refractivity (Wildman–Crippen MR) is 290 cm³/mol. The topological polar surface area (TPSA) is 255 Å². The number of nitrogens with one attached hydrogen (secondary N) is 3. The highest BCUT2D eigenvalue weighted by Gasteiger charge is 2.52. The maximum absolute atomic E-state index is 14.8. The Hall–Kier alpha value is -5.10. The maximum atomic E-state index is 14.8. The van der Waals surface area contributed by atoms with Gasteiger partial charge in [0.15, 0.2) is 12.6 Å². The molecular weight excluding hydrogens is 1010 g/mol. The third kappa shape index (κ3) is 17.0. The van der Waals surface area contributed by atoms with Gasteiger partial charge >= 0.3 is 18.2 Å². The minimum Gasteiger partial charge on any atom is -0.497 e. The number of hydrazine groups is 1. The number of cyclic esters (lactones) is 1. The van der Waals surface area contributed by atoms with Gasteiger partial charge in [-0.1, -0.05) is 65.0 Å². The molecule has 3 heterocycles. The molecule has 0 aliphatic carbocycles. The molecule has 3 aliphatic heterocycles. The summed E-state index contributed by atoms with van der Waals surface area (Å²) in [5, 5.41) is 39.7. The van der Waals surface area contributed by atoms with Gasteiger partial charge in [-0.25, -0.2) is 15.0 Å². The number of carbonyl (C=O) groups is 4. The summed E-state index contributed by atoms with van der Waals surface area (Å²) in [6.07, 6.45) is -9.49. The van der Waals surface area contributed by atoms with Crippen molar-refractivity contribution in [2.24, 2.45) is 23.2 Å². The van der Waals surface area contributed by atoms with Crippen molar-refractivity contribution in [2.45, 2.75) is 187 Å². The summed E-state index contributed by atoms with van der Waals surface area (Å²) in [6, 6.07) is 13.3. The predicted octanol–water partition coefficient (Wildman–Crippen LogP) is 5.56. The van der Waals surface area contributed by atoms with E-state index in [9.17, 15) is 34.5 Å². The van der Waals surface area contributed by atoms with Crippen molar-refractivity contribution in [1.29, 1.82) is 0 Å². The Morgan fingerprint density at radius 3 is 2.15 bits per heavy atom. The minimum absolute atomic E-state index is 0.125. The number of amides is 3. The van der Waals surface area contributed by atoms with Gasteiger partial charge in [0.2, 0.25) is 0 Å². The number of likely N-dealkylation sites (N-methyl/N-ethyl adjacent to an activating group) is 2. The van der Waals surface area contributed by atoms with Gasteiger partial charge in [-0.3, -0.25) is 19.9 Å². The summed E-state index contributed by atoms with van der Waals surface area (Å²) in [4.78, 5) is 58.1. The van der Waals surface area contributed by atoms with E-state index in [0.29, 0.717) is 30.0 Å². The molecule has 3 saturated heterocycles. The standard InChI is InChI=1S/C57H89N5O16/c1-16-42-47(65)49(76-54(67)58-30-38-21-24-40(70-14)25-22-38)36(6)62(13)31-32(2)28-57(10,69)50(77-53-46(64)41(61(11)12)27-33(3)72-53)34(4)48(35(5)52(66)74-42)75-45-29-56(8,9)51(37(7)73-45)78-55(68)60-59-44(63)26-23-39-19-17-18-20-43(39)71-15/h17-26,32-37,41-42,45-51,53,64-65,69H,16,27-31H2,1-15H3,(H,58,67)(H,59,63)(H,60,68)/b26-23+/t32-,33-,34+,35-,36-,37+,41+,42-,45?,46-,47+,48+,49-,50-,51+,53+,57+/m1/s1. The third-order valence-corrected chi connectivity index (χ3v) is 15.4. The fraction of sp³-hybridized carbons (Fsp3) is 0.684. The molecule has 2 aromatic carbocycles. The van der Waals surface area contributed by atoms with E-state index >= 15 is 0 Å². The Bertz CT molecular complexity index is 2280. The van der Waals surface area contributed by atoms with E-state index in [1.165, 1.54) is 13.2 Å². The van der Waals surface area contributed by atoms with Crippen molar-refractivity contribution in [2.75, 3.05) is 41.9 Å². The van der Waals surface area contributed by atoms with E-state index in [2.05, 4.69) is 16.2 Å². The van der Waals surface area contributed by atoms with Crippen molar-refractivity contribution >= 4 is 30.1 Å². The first-order valence-electron chi connectivity index (χ1n) is 27.1. The number of rotatable bonds is 14. The molecule has 3 aliphatic rings. The van der Waals surface area contributed by atoms with Crippen LogP contribution in [0.2, 0.25) is 0 Å². The van der Waals surface area contributed by atoms with Gasteiger partial charge in [-0.2, -0.15) is 0 Å². The molecule has 0 aromatic heterocycles. The lowest BCUT2D eigenvalue weighted by atomic mass is 9.77. The highest BCUT2D eigenvalue weighted by atomic mass is 16.7. The molecule has 0 radical (unpaired) electrons. The van der Waals surface area contributed by atoms with Crippen LogP contribution in [-0.4, -0.2) is 176 Å². The normalized spacial score (nSPS) is 34.4. The first-order chi connectivity index (χ1) is 36.7. The lowest BCUT2D eigenvalue weighted by molar-refractivity contribution is -0.312. The number of alkyl carbamates (subject to hydrolysis) is 1. The fourth-order valence-electron chi connectivity index (χ4n) is 11.2. The summed E-state index contributed by atoms with van der Waals surface area (Å²) in [5.74, 6) is -2.42. The van der Waals surface area contributed by atoms with Gasteiger partial charge in [-0.05, 0) is 111 Å². The SMILES string of the molecule is CC[C@H]1OC(=O)[C@H](C)[C@@H](OC2CC(C)(C)[C@@H](OC(=O)NNC(=O)/C=C/c3ccccc3OC)[C@H](C)O2)[C@H](C)[C@@H](O[C@@H]2O[C@H](C)C[C@H](N(C)C)[C@H]2O)[C@@](C)(O)C[C@@H](C)CN(C)[C@H](C)[C@@H](OC(=O)NCc2ccc(OC)cc2)[C@H]1O. The number of ether oxygens (including phenoxy) is 9. The minimum atomic E-state index is -1.68. The smallest absolute Gasteiger partial charge is 0.426 e. The monoisotopic (exact) mass is 1100 g/mol. The van der Waals surface area contributed by atoms with Crippen LogP contribution in [0.5, 0.6) is 11.5 Å². The summed E-state index contributed by atoms with van der Waals surface area (Å²) < 4.78 is 55.3. The molecule has 438 valence electrons. The first kappa shape index (κ1) is 63.7. The van der Waals surface area contributed by atoms with Crippen LogP contribution in [-0.2, 0) is 49.3 Å². The van der Waals surface area contributed by atoms with Crippen molar-refractivity contribution in [3.63, 3.8) is 0 Å². The van der Waals surface area contributed by atoms with E-state index in [0.717, 1.165) is 5.56 Å². The van der Waals surface area contributed by atoms with Crippen molar-refractivity contribution in [3.05, 3.63) is 65.7 Å². The van der Waals surface area contributed by atoms with E-state index in [1.807, 2.05) is 77.7 Å². The summed E-state index contributed by atoms with van der Waals surface area (Å²) >= 11 is 0. The lowest BCUT2D eigenvalue weighted by Gasteiger charge is -2.49. The van der Waals surface area contributed by atoms with Crippen LogP contribution in [0.25, 0.3) is 6.08 Å². The van der Waals surface area contributed by atoms with Crippen LogP contribution in [0.1, 0.15) is 106 Å². The molecule has 0 saturated carbocycles. The number of hydrogen-bond donors (Lipinski definition) is 6. The molecule has 6 N–H and O–H groups in total. The summed E-state index contributed by atoms with van der Waals surface area (Å²) in [6.45, 7) is 18.4. The Balaban J connectivity index is 1.44. The zero-order valence-corrected chi connectivity index (χ0v) is 48.3. The van der Waals surface area contributed by atoms with Crippen LogP contribution in [0.15, 0.2) is 54.6 Å². The van der Waals surface area contributed by atoms with Crippen molar-refractivity contribution in [3.8, 4) is 11.5 Å². The number of carbonyl (C=O) groups excluding carboxylic acids is 4. The number of para-hydroxylation sites is 1. The number of hydrogen-bond acceptors (Lipinski definition) is 18. The molecule has 1 unspecified atom stereocenters. The second-order valence-electron chi connectivity index (χ2n) is 22.6. The van der Waals surface area contributed by atoms with E-state index in [4.69, 9.17) is 42.6 Å². The van der Waals surface area contributed by atoms with Crippen LogP contribution < -0.4 is 25.6 Å². The maximum Gasteiger partial charge on any atom is 0.426 e. The number of esters is 1. The quantitative estimate of drug-likeness (QED) is 0.0586. The Morgan fingerprint density at radius 1 is 0.846 bits per heavy atom. The van der Waals surface area contributed by atoms with E-state index in [1.54, 1.807) is 84.2 Å². The van der Waals surface area contributed by atoms with Gasteiger partial charge in [0.05, 0.1) is 50.2 Å². The Labute approximate surface area is 460 Å². The van der Waals surface area contributed by atoms with E-state index < -0.39 is 114 Å². The van der Waals surface area contributed by atoms with Crippen LogP contribution in [0.3, 0.4) is 0 Å². The van der Waals surface area contributed by atoms with Gasteiger partial charge in [0.25, 0.3) is 5.91 Å². The molecule has 0 spiro atoms. The third-order valence-electron chi connectivity index (χ3n) is 15.4. The number of benzene rings is 2. The largest absolute Gasteiger partial charge is 0.497 e. The van der Waals surface area contributed by atoms with Crippen molar-refractivity contribution in [1.82, 2.24) is 26.0 Å². The molecular formula is C57H89N5O16. The molecule has 17 atom stereocenters. The van der Waals surface area contributed by atoms with Gasteiger partial charge < -0.3 is 68.2 Å². The number of aliphatic hydroxyl groups is 3. The van der Waals surface area contributed by atoms with Crippen LogP contribution in [0.4, 0.5) is 9.59 Å². The Morgan fingerprint density at radius 2 is 1.53 bits per heavy atom. The molecule has 3 amide bonds. The second-order valence-corrected chi connectivity index (χ2v) is 22.6. The molecule has 2 aromatic rings. The van der Waals surface area contributed by atoms with Crippen LogP contribution in [0, 0.1) is 23.2 Å². The number of methoxy groups -OCH3 is 2. The average Bonchev–Trinajstić information content (AvgIpc) is 3.40. The lowest BCUT2D eigenvalue weighted by Crippen LogP contribution is -2.60. The van der Waals surface area contributed by atoms with Gasteiger partial charge in [-0.15, -0.1) is 0 Å². The second kappa shape index (κ2) is 28.4. The highest BCUT2D eigenvalue weighted by molar-refractivity contribution is 5.92. The molecule has 21 heteroatoms. The highest BCUT2D eigenvalue weighted by Crippen LogP contribution is 2.42.